The maximum Gasteiger partial charge on any atom is 0.305 e. The highest BCUT2D eigenvalue weighted by molar-refractivity contribution is 5.70. The molecule has 0 bridgehead atoms. The number of nitriles is 1. The lowest BCUT2D eigenvalue weighted by molar-refractivity contribution is -0.384. The van der Waals surface area contributed by atoms with E-state index in [4.69, 9.17) is 10.4 Å². The van der Waals surface area contributed by atoms with E-state index in [0.29, 0.717) is 5.69 Å². The molecule has 7 heteroatoms. The standard InChI is InChI=1S/C13H15N3O4/c1-9(2)15(6-5-13(17)18)11-4-3-10(8-14)7-12(11)16(19)20/h3-4,7,9H,5-6H2,1-2H3,(H,17,18). The van der Waals surface area contributed by atoms with Crippen LogP contribution in [0.1, 0.15) is 25.8 Å². The summed E-state index contributed by atoms with van der Waals surface area (Å²) in [4.78, 5) is 22.9. The Hall–Kier alpha value is -2.62. The Morgan fingerprint density at radius 1 is 1.55 bits per heavy atom. The molecule has 0 unspecified atom stereocenters. The lowest BCUT2D eigenvalue weighted by Gasteiger charge is -2.28. The molecule has 0 radical (unpaired) electrons. The van der Waals surface area contributed by atoms with Crippen molar-refractivity contribution in [3.05, 3.63) is 33.9 Å². The summed E-state index contributed by atoms with van der Waals surface area (Å²) in [6.07, 6.45) is -0.116. The first-order valence-electron chi connectivity index (χ1n) is 6.03. The van der Waals surface area contributed by atoms with Crippen molar-refractivity contribution in [1.29, 1.82) is 5.26 Å². The predicted molar refractivity (Wildman–Crippen MR) is 72.5 cm³/mol. The fraction of sp³-hybridized carbons (Fsp3) is 0.385. The van der Waals surface area contributed by atoms with Crippen LogP contribution >= 0.6 is 0 Å². The highest BCUT2D eigenvalue weighted by atomic mass is 16.6. The van der Waals surface area contributed by atoms with E-state index < -0.39 is 10.9 Å². The molecule has 106 valence electrons. The zero-order valence-electron chi connectivity index (χ0n) is 11.2. The summed E-state index contributed by atoms with van der Waals surface area (Å²) in [5.74, 6) is -0.966. The van der Waals surface area contributed by atoms with Crippen molar-refractivity contribution in [2.45, 2.75) is 26.3 Å². The smallest absolute Gasteiger partial charge is 0.305 e. The van der Waals surface area contributed by atoms with Gasteiger partial charge in [-0.05, 0) is 26.0 Å². The zero-order valence-corrected chi connectivity index (χ0v) is 11.2. The molecule has 0 fully saturated rings. The number of benzene rings is 1. The van der Waals surface area contributed by atoms with Gasteiger partial charge in [0.1, 0.15) is 5.69 Å². The molecule has 1 aromatic rings. The number of carboxylic acid groups (broad SMARTS) is 1. The van der Waals surface area contributed by atoms with E-state index in [1.807, 2.05) is 19.9 Å². The van der Waals surface area contributed by atoms with E-state index in [9.17, 15) is 14.9 Å². The maximum absolute atomic E-state index is 11.1. The van der Waals surface area contributed by atoms with Gasteiger partial charge < -0.3 is 10.0 Å². The fourth-order valence-electron chi connectivity index (χ4n) is 1.86. The molecule has 1 aromatic carbocycles. The number of carboxylic acids is 1. The van der Waals surface area contributed by atoms with Gasteiger partial charge in [0.15, 0.2) is 0 Å². The topological polar surface area (TPSA) is 107 Å². The molecule has 1 N–H and O–H groups in total. The van der Waals surface area contributed by atoms with E-state index in [1.54, 1.807) is 4.90 Å². The summed E-state index contributed by atoms with van der Waals surface area (Å²) < 4.78 is 0. The van der Waals surface area contributed by atoms with E-state index >= 15 is 0 Å². The van der Waals surface area contributed by atoms with Crippen molar-refractivity contribution < 1.29 is 14.8 Å². The van der Waals surface area contributed by atoms with Gasteiger partial charge in [-0.1, -0.05) is 0 Å². The third-order valence-electron chi connectivity index (χ3n) is 2.80. The van der Waals surface area contributed by atoms with Gasteiger partial charge >= 0.3 is 5.97 Å². The second-order valence-electron chi connectivity index (χ2n) is 4.50. The molecule has 1 rings (SSSR count). The van der Waals surface area contributed by atoms with Crippen molar-refractivity contribution >= 4 is 17.3 Å². The monoisotopic (exact) mass is 277 g/mol. The van der Waals surface area contributed by atoms with Gasteiger partial charge in [-0.3, -0.25) is 14.9 Å². The Kier molecular flexibility index (Phi) is 5.03. The summed E-state index contributed by atoms with van der Waals surface area (Å²) in [7, 11) is 0. The van der Waals surface area contributed by atoms with Gasteiger partial charge in [0, 0.05) is 18.7 Å². The fourth-order valence-corrected chi connectivity index (χ4v) is 1.86. The molecule has 0 aliphatic rings. The molecule has 7 nitrogen and oxygen atoms in total. The van der Waals surface area contributed by atoms with Crippen LogP contribution in [0.3, 0.4) is 0 Å². The van der Waals surface area contributed by atoms with Crippen LogP contribution in [0.4, 0.5) is 11.4 Å². The number of nitro benzene ring substituents is 1. The van der Waals surface area contributed by atoms with Gasteiger partial charge in [-0.15, -0.1) is 0 Å². The largest absolute Gasteiger partial charge is 0.481 e. The van der Waals surface area contributed by atoms with Crippen molar-refractivity contribution in [2.75, 3.05) is 11.4 Å². The molecular weight excluding hydrogens is 262 g/mol. The van der Waals surface area contributed by atoms with E-state index in [1.165, 1.54) is 18.2 Å². The first kappa shape index (κ1) is 15.4. The van der Waals surface area contributed by atoms with Crippen LogP contribution in [0.15, 0.2) is 18.2 Å². The quantitative estimate of drug-likeness (QED) is 0.630. The highest BCUT2D eigenvalue weighted by Gasteiger charge is 2.22. The van der Waals surface area contributed by atoms with Crippen LogP contribution in [-0.4, -0.2) is 28.6 Å². The van der Waals surface area contributed by atoms with Gasteiger partial charge in [-0.25, -0.2) is 0 Å². The molecule has 0 heterocycles. The van der Waals surface area contributed by atoms with Crippen molar-refractivity contribution in [2.24, 2.45) is 0 Å². The Bertz CT molecular complexity index is 563. The highest BCUT2D eigenvalue weighted by Crippen LogP contribution is 2.30. The van der Waals surface area contributed by atoms with Crippen LogP contribution in [0.5, 0.6) is 0 Å². The first-order valence-corrected chi connectivity index (χ1v) is 6.03. The molecule has 0 spiro atoms. The Balaban J connectivity index is 3.22. The average Bonchev–Trinajstić information content (AvgIpc) is 2.38. The zero-order chi connectivity index (χ0) is 15.3. The van der Waals surface area contributed by atoms with Crippen LogP contribution < -0.4 is 4.90 Å². The molecule has 0 aliphatic heterocycles. The maximum atomic E-state index is 11.1. The summed E-state index contributed by atoms with van der Waals surface area (Å²) in [5, 5.41) is 28.7. The molecule has 0 aromatic heterocycles. The summed E-state index contributed by atoms with van der Waals surface area (Å²) in [5.41, 5.74) is 0.329. The van der Waals surface area contributed by atoms with Crippen molar-refractivity contribution in [3.63, 3.8) is 0 Å². The lowest BCUT2D eigenvalue weighted by atomic mass is 10.1. The number of aliphatic carboxylic acids is 1. The summed E-state index contributed by atoms with van der Waals surface area (Å²) >= 11 is 0. The summed E-state index contributed by atoms with van der Waals surface area (Å²) in [6, 6.07) is 5.92. The normalized spacial score (nSPS) is 10.1. The van der Waals surface area contributed by atoms with E-state index in [2.05, 4.69) is 0 Å². The Morgan fingerprint density at radius 2 is 2.20 bits per heavy atom. The lowest BCUT2D eigenvalue weighted by Crippen LogP contribution is -2.33. The molecular formula is C13H15N3O4. The second-order valence-corrected chi connectivity index (χ2v) is 4.50. The van der Waals surface area contributed by atoms with Crippen molar-refractivity contribution in [1.82, 2.24) is 0 Å². The number of carbonyl (C=O) groups is 1. The average molecular weight is 277 g/mol. The number of nitrogens with zero attached hydrogens (tertiary/aromatic N) is 3. The minimum atomic E-state index is -0.966. The van der Waals surface area contributed by atoms with Gasteiger partial charge in [0.25, 0.3) is 5.69 Å². The Morgan fingerprint density at radius 3 is 2.65 bits per heavy atom. The molecule has 0 aliphatic carbocycles. The minimum Gasteiger partial charge on any atom is -0.481 e. The third-order valence-corrected chi connectivity index (χ3v) is 2.80. The third kappa shape index (κ3) is 3.68. The SMILES string of the molecule is CC(C)N(CCC(=O)O)c1ccc(C#N)cc1[N+](=O)[O-]. The predicted octanol–water partition coefficient (Wildman–Crippen LogP) is 2.16. The van der Waals surface area contributed by atoms with E-state index in [0.717, 1.165) is 0 Å². The minimum absolute atomic E-state index is 0.0963. The van der Waals surface area contributed by atoms with Crippen LogP contribution in [0.2, 0.25) is 0 Å². The Labute approximate surface area is 116 Å². The number of rotatable bonds is 6. The molecule has 0 saturated carbocycles. The second kappa shape index (κ2) is 6.52. The number of hydrogen-bond acceptors (Lipinski definition) is 5. The van der Waals surface area contributed by atoms with Crippen molar-refractivity contribution in [3.8, 4) is 6.07 Å². The van der Waals surface area contributed by atoms with Crippen LogP contribution in [0, 0.1) is 21.4 Å². The van der Waals surface area contributed by atoms with Gasteiger partial charge in [0.2, 0.25) is 0 Å². The molecule has 0 amide bonds. The number of hydrogen-bond donors (Lipinski definition) is 1. The van der Waals surface area contributed by atoms with Gasteiger partial charge in [-0.2, -0.15) is 5.26 Å². The molecule has 0 saturated heterocycles. The summed E-state index contributed by atoms with van der Waals surface area (Å²) in [6.45, 7) is 3.81. The first-order chi connectivity index (χ1) is 9.36. The molecule has 0 atom stereocenters. The van der Waals surface area contributed by atoms with Crippen LogP contribution in [0.25, 0.3) is 0 Å². The molecule has 20 heavy (non-hydrogen) atoms. The van der Waals surface area contributed by atoms with Crippen LogP contribution in [-0.2, 0) is 4.79 Å². The number of nitro groups is 1. The van der Waals surface area contributed by atoms with Gasteiger partial charge in [0.05, 0.1) is 23.0 Å². The number of anilines is 1. The van der Waals surface area contributed by atoms with E-state index in [-0.39, 0.29) is 30.3 Å².